The predicted octanol–water partition coefficient (Wildman–Crippen LogP) is -0.524. The summed E-state index contributed by atoms with van der Waals surface area (Å²) in [5.74, 6) is -0.257. The van der Waals surface area contributed by atoms with E-state index < -0.39 is 0 Å². The number of amides is 1. The highest BCUT2D eigenvalue weighted by Gasteiger charge is 2.21. The molecule has 100 valence electrons. The van der Waals surface area contributed by atoms with Crippen molar-refractivity contribution < 1.29 is 4.79 Å². The molecule has 0 spiro atoms. The van der Waals surface area contributed by atoms with Crippen LogP contribution in [0, 0.1) is 0 Å². The fourth-order valence-electron chi connectivity index (χ4n) is 2.48. The quantitative estimate of drug-likeness (QED) is 0.681. The van der Waals surface area contributed by atoms with E-state index in [1.807, 2.05) is 0 Å². The van der Waals surface area contributed by atoms with Crippen LogP contribution in [0.25, 0.3) is 0 Å². The van der Waals surface area contributed by atoms with Crippen molar-refractivity contribution >= 4 is 5.91 Å². The summed E-state index contributed by atoms with van der Waals surface area (Å²) in [6.07, 6.45) is 1.99. The highest BCUT2D eigenvalue weighted by Crippen LogP contribution is 2.09. The van der Waals surface area contributed by atoms with Crippen LogP contribution in [0.4, 0.5) is 0 Å². The lowest BCUT2D eigenvalue weighted by Gasteiger charge is -2.28. The van der Waals surface area contributed by atoms with Crippen molar-refractivity contribution in [3.05, 3.63) is 0 Å². The standard InChI is InChI=1S/C12H26N4O/c1-10-9-15(3)6-4-7-16(10)8-5-11(14-2)12(13)17/h10-11,14H,4-9H2,1-3H3,(H2,13,17). The van der Waals surface area contributed by atoms with Crippen molar-refractivity contribution in [2.24, 2.45) is 5.73 Å². The zero-order chi connectivity index (χ0) is 12.8. The minimum atomic E-state index is -0.257. The Bertz CT molecular complexity index is 247. The third kappa shape index (κ3) is 4.61. The summed E-state index contributed by atoms with van der Waals surface area (Å²) in [6, 6.07) is 0.344. The number of nitrogens with two attached hydrogens (primary N) is 1. The molecule has 2 unspecified atom stereocenters. The van der Waals surface area contributed by atoms with Crippen LogP contribution in [0.3, 0.4) is 0 Å². The molecule has 1 fully saturated rings. The first-order valence-electron chi connectivity index (χ1n) is 6.43. The molecular weight excluding hydrogens is 216 g/mol. The van der Waals surface area contributed by atoms with E-state index in [9.17, 15) is 4.79 Å². The van der Waals surface area contributed by atoms with Gasteiger partial charge in [0.2, 0.25) is 5.91 Å². The molecule has 0 aromatic heterocycles. The van der Waals surface area contributed by atoms with Crippen LogP contribution in [0.2, 0.25) is 0 Å². The number of likely N-dealkylation sites (N-methyl/N-ethyl adjacent to an activating group) is 2. The summed E-state index contributed by atoms with van der Waals surface area (Å²) in [6.45, 7) is 6.55. The maximum atomic E-state index is 11.1. The van der Waals surface area contributed by atoms with Gasteiger partial charge in [-0.1, -0.05) is 0 Å². The van der Waals surface area contributed by atoms with Gasteiger partial charge in [-0.25, -0.2) is 0 Å². The second-order valence-corrected chi connectivity index (χ2v) is 5.03. The maximum absolute atomic E-state index is 11.1. The summed E-state index contributed by atoms with van der Waals surface area (Å²) in [7, 11) is 3.95. The number of nitrogens with zero attached hydrogens (tertiary/aromatic N) is 2. The summed E-state index contributed by atoms with van der Waals surface area (Å²) < 4.78 is 0. The molecule has 0 radical (unpaired) electrons. The van der Waals surface area contributed by atoms with Crippen LogP contribution in [0.1, 0.15) is 19.8 Å². The van der Waals surface area contributed by atoms with Gasteiger partial charge in [-0.3, -0.25) is 9.69 Å². The van der Waals surface area contributed by atoms with E-state index in [1.54, 1.807) is 7.05 Å². The molecular formula is C12H26N4O. The molecule has 1 heterocycles. The van der Waals surface area contributed by atoms with E-state index in [1.165, 1.54) is 6.42 Å². The average molecular weight is 242 g/mol. The Morgan fingerprint density at radius 3 is 2.82 bits per heavy atom. The number of hydrogen-bond donors (Lipinski definition) is 2. The van der Waals surface area contributed by atoms with Crippen molar-refractivity contribution in [2.75, 3.05) is 40.3 Å². The van der Waals surface area contributed by atoms with Gasteiger partial charge in [-0.05, 0) is 47.0 Å². The Kier molecular flexibility index (Phi) is 5.88. The fraction of sp³-hybridized carbons (Fsp3) is 0.917. The Morgan fingerprint density at radius 1 is 1.53 bits per heavy atom. The van der Waals surface area contributed by atoms with Gasteiger partial charge >= 0.3 is 0 Å². The first kappa shape index (κ1) is 14.4. The summed E-state index contributed by atoms with van der Waals surface area (Å²) in [5, 5.41) is 2.97. The predicted molar refractivity (Wildman–Crippen MR) is 69.8 cm³/mol. The van der Waals surface area contributed by atoms with E-state index >= 15 is 0 Å². The smallest absolute Gasteiger partial charge is 0.234 e. The minimum Gasteiger partial charge on any atom is -0.368 e. The molecule has 1 aliphatic heterocycles. The van der Waals surface area contributed by atoms with E-state index in [0.717, 1.165) is 32.6 Å². The van der Waals surface area contributed by atoms with Crippen molar-refractivity contribution in [2.45, 2.75) is 31.8 Å². The normalized spacial score (nSPS) is 25.5. The lowest BCUT2D eigenvalue weighted by molar-refractivity contribution is -0.120. The SMILES string of the molecule is CNC(CCN1CCCN(C)CC1C)C(N)=O. The molecule has 3 N–H and O–H groups in total. The average Bonchev–Trinajstić information content (AvgIpc) is 2.41. The van der Waals surface area contributed by atoms with E-state index in [-0.39, 0.29) is 11.9 Å². The van der Waals surface area contributed by atoms with Crippen LogP contribution in [-0.4, -0.2) is 68.1 Å². The van der Waals surface area contributed by atoms with Gasteiger partial charge in [-0.2, -0.15) is 0 Å². The topological polar surface area (TPSA) is 61.6 Å². The van der Waals surface area contributed by atoms with Crippen molar-refractivity contribution in [3.8, 4) is 0 Å². The van der Waals surface area contributed by atoms with Crippen LogP contribution in [0.15, 0.2) is 0 Å². The molecule has 5 heteroatoms. The second kappa shape index (κ2) is 6.93. The monoisotopic (exact) mass is 242 g/mol. The Morgan fingerprint density at radius 2 is 2.24 bits per heavy atom. The molecule has 0 aromatic carbocycles. The molecule has 17 heavy (non-hydrogen) atoms. The number of rotatable bonds is 5. The van der Waals surface area contributed by atoms with Crippen LogP contribution in [-0.2, 0) is 4.79 Å². The molecule has 2 atom stereocenters. The molecule has 0 saturated carbocycles. The Balaban J connectivity index is 2.41. The molecule has 0 aliphatic carbocycles. The van der Waals surface area contributed by atoms with Gasteiger partial charge < -0.3 is 16.0 Å². The molecule has 1 saturated heterocycles. The summed E-state index contributed by atoms with van der Waals surface area (Å²) >= 11 is 0. The molecule has 1 aliphatic rings. The van der Waals surface area contributed by atoms with Crippen LogP contribution >= 0.6 is 0 Å². The number of primary amides is 1. The number of hydrogen-bond acceptors (Lipinski definition) is 4. The number of carbonyl (C=O) groups excluding carboxylic acids is 1. The first-order valence-corrected chi connectivity index (χ1v) is 6.43. The van der Waals surface area contributed by atoms with Crippen molar-refractivity contribution in [1.29, 1.82) is 0 Å². The Hall–Kier alpha value is -0.650. The minimum absolute atomic E-state index is 0.205. The van der Waals surface area contributed by atoms with Gasteiger partial charge in [0.15, 0.2) is 0 Å². The van der Waals surface area contributed by atoms with Gasteiger partial charge in [0.05, 0.1) is 6.04 Å². The lowest BCUT2D eigenvalue weighted by Crippen LogP contribution is -2.44. The van der Waals surface area contributed by atoms with Crippen LogP contribution in [0.5, 0.6) is 0 Å². The van der Waals surface area contributed by atoms with Gasteiger partial charge in [0, 0.05) is 19.1 Å². The van der Waals surface area contributed by atoms with Crippen molar-refractivity contribution in [3.63, 3.8) is 0 Å². The summed E-state index contributed by atoms with van der Waals surface area (Å²) in [5.41, 5.74) is 5.32. The van der Waals surface area contributed by atoms with E-state index in [4.69, 9.17) is 5.73 Å². The second-order valence-electron chi connectivity index (χ2n) is 5.03. The third-order valence-electron chi connectivity index (χ3n) is 3.58. The molecule has 1 amide bonds. The highest BCUT2D eigenvalue weighted by molar-refractivity contribution is 5.79. The fourth-order valence-corrected chi connectivity index (χ4v) is 2.48. The molecule has 1 rings (SSSR count). The third-order valence-corrected chi connectivity index (χ3v) is 3.58. The number of nitrogens with one attached hydrogen (secondary N) is 1. The lowest BCUT2D eigenvalue weighted by atomic mass is 10.1. The largest absolute Gasteiger partial charge is 0.368 e. The zero-order valence-electron chi connectivity index (χ0n) is 11.3. The molecule has 5 nitrogen and oxygen atoms in total. The van der Waals surface area contributed by atoms with Crippen LogP contribution < -0.4 is 11.1 Å². The zero-order valence-corrected chi connectivity index (χ0v) is 11.3. The highest BCUT2D eigenvalue weighted by atomic mass is 16.1. The van der Waals surface area contributed by atoms with E-state index in [2.05, 4.69) is 29.1 Å². The van der Waals surface area contributed by atoms with Gasteiger partial charge in [0.25, 0.3) is 0 Å². The van der Waals surface area contributed by atoms with E-state index in [0.29, 0.717) is 6.04 Å². The molecule has 0 aromatic rings. The first-order chi connectivity index (χ1) is 8.04. The van der Waals surface area contributed by atoms with Gasteiger partial charge in [-0.15, -0.1) is 0 Å². The maximum Gasteiger partial charge on any atom is 0.234 e. The van der Waals surface area contributed by atoms with Crippen molar-refractivity contribution in [1.82, 2.24) is 15.1 Å². The van der Waals surface area contributed by atoms with Gasteiger partial charge in [0.1, 0.15) is 0 Å². The molecule has 0 bridgehead atoms. The summed E-state index contributed by atoms with van der Waals surface area (Å²) in [4.78, 5) is 16.0. The number of carbonyl (C=O) groups is 1. The Labute approximate surface area is 104 Å².